The van der Waals surface area contributed by atoms with Gasteiger partial charge in [-0.3, -0.25) is 4.79 Å². The zero-order valence-corrected chi connectivity index (χ0v) is 12.6. The largest absolute Gasteiger partial charge is 0.479 e. The molecular formula is C17H21NO4. The van der Waals surface area contributed by atoms with Gasteiger partial charge in [-0.05, 0) is 31.7 Å². The van der Waals surface area contributed by atoms with Crippen molar-refractivity contribution in [2.75, 3.05) is 6.54 Å². The molecule has 0 spiro atoms. The van der Waals surface area contributed by atoms with Crippen LogP contribution in [0.5, 0.6) is 0 Å². The van der Waals surface area contributed by atoms with E-state index in [1.807, 2.05) is 23.1 Å². The fourth-order valence-corrected chi connectivity index (χ4v) is 3.58. The van der Waals surface area contributed by atoms with E-state index in [1.54, 1.807) is 0 Å². The van der Waals surface area contributed by atoms with Crippen molar-refractivity contribution < 1.29 is 19.4 Å². The van der Waals surface area contributed by atoms with E-state index in [1.165, 1.54) is 5.56 Å². The predicted molar refractivity (Wildman–Crippen MR) is 80.5 cm³/mol. The summed E-state index contributed by atoms with van der Waals surface area (Å²) in [4.78, 5) is 25.4. The molecular weight excluding hydrogens is 282 g/mol. The van der Waals surface area contributed by atoms with Crippen LogP contribution in [0.2, 0.25) is 0 Å². The molecule has 0 radical (unpaired) electrons. The van der Waals surface area contributed by atoms with Gasteiger partial charge in [-0.2, -0.15) is 0 Å². The summed E-state index contributed by atoms with van der Waals surface area (Å²) in [6.07, 6.45) is 0.409. The summed E-state index contributed by atoms with van der Waals surface area (Å²) < 4.78 is 5.40. The van der Waals surface area contributed by atoms with Crippen LogP contribution >= 0.6 is 0 Å². The van der Waals surface area contributed by atoms with Gasteiger partial charge in [-0.15, -0.1) is 0 Å². The van der Waals surface area contributed by atoms with E-state index in [0.29, 0.717) is 25.3 Å². The first-order chi connectivity index (χ1) is 10.6. The number of carboxylic acid groups (broad SMARTS) is 1. The smallest absolute Gasteiger partial charge is 0.332 e. The summed E-state index contributed by atoms with van der Waals surface area (Å²) >= 11 is 0. The summed E-state index contributed by atoms with van der Waals surface area (Å²) in [5.74, 6) is -0.705. The van der Waals surface area contributed by atoms with Crippen LogP contribution in [0.4, 0.5) is 0 Å². The van der Waals surface area contributed by atoms with E-state index in [0.717, 1.165) is 6.42 Å². The molecule has 0 bridgehead atoms. The number of nitrogens with zero attached hydrogens (tertiary/aromatic N) is 1. The molecule has 1 N–H and O–H groups in total. The number of hydrogen-bond acceptors (Lipinski definition) is 3. The Balaban J connectivity index is 1.66. The quantitative estimate of drug-likeness (QED) is 0.927. The Hall–Kier alpha value is -1.88. The number of ether oxygens (including phenoxy) is 1. The maximum atomic E-state index is 12.6. The first kappa shape index (κ1) is 15.0. The summed E-state index contributed by atoms with van der Waals surface area (Å²) in [7, 11) is 0. The number of rotatable bonds is 3. The molecule has 2 heterocycles. The zero-order valence-electron chi connectivity index (χ0n) is 12.6. The lowest BCUT2D eigenvalue weighted by Gasteiger charge is -2.27. The summed E-state index contributed by atoms with van der Waals surface area (Å²) in [5, 5.41) is 8.97. The molecule has 2 unspecified atom stereocenters. The Kier molecular flexibility index (Phi) is 4.16. The van der Waals surface area contributed by atoms with Gasteiger partial charge in [0.05, 0.1) is 0 Å². The van der Waals surface area contributed by atoms with Gasteiger partial charge in [0.15, 0.2) is 6.10 Å². The molecule has 2 fully saturated rings. The standard InChI is InChI=1S/C17H21NO4/c1-11-13(12-5-3-2-4-6-12)9-10-18(11)16(19)14-7-8-15(22-14)17(20)21/h2-6,11,13-15H,7-10H2,1H3,(H,20,21)/t11?,13?,14-,15+/m0/s1. The third kappa shape index (κ3) is 2.73. The normalized spacial score (nSPS) is 31.4. The SMILES string of the molecule is CC1C(c2ccccc2)CCN1C(=O)[C@@H]1CC[C@H](C(=O)O)O1. The van der Waals surface area contributed by atoms with Crippen LogP contribution in [0.3, 0.4) is 0 Å². The predicted octanol–water partition coefficient (Wildman–Crippen LogP) is 2.02. The number of carbonyl (C=O) groups is 2. The van der Waals surface area contributed by atoms with Gasteiger partial charge in [0.1, 0.15) is 6.10 Å². The minimum absolute atomic E-state index is 0.0605. The second-order valence-corrected chi connectivity index (χ2v) is 6.11. The summed E-state index contributed by atoms with van der Waals surface area (Å²) in [6.45, 7) is 2.77. The monoisotopic (exact) mass is 303 g/mol. The van der Waals surface area contributed by atoms with Crippen molar-refractivity contribution >= 4 is 11.9 Å². The Bertz CT molecular complexity index is 559. The zero-order chi connectivity index (χ0) is 15.7. The number of carboxylic acids is 1. The number of benzene rings is 1. The van der Waals surface area contributed by atoms with Crippen molar-refractivity contribution in [3.05, 3.63) is 35.9 Å². The molecule has 1 aromatic rings. The number of carbonyl (C=O) groups excluding carboxylic acids is 1. The molecule has 2 aliphatic rings. The highest BCUT2D eigenvalue weighted by Gasteiger charge is 2.41. The van der Waals surface area contributed by atoms with Gasteiger partial charge in [-0.25, -0.2) is 4.79 Å². The van der Waals surface area contributed by atoms with Crippen LogP contribution < -0.4 is 0 Å². The average Bonchev–Trinajstić information content (AvgIpc) is 3.14. The van der Waals surface area contributed by atoms with Gasteiger partial charge in [0.2, 0.25) is 0 Å². The minimum Gasteiger partial charge on any atom is -0.479 e. The van der Waals surface area contributed by atoms with Crippen molar-refractivity contribution in [1.29, 1.82) is 0 Å². The fourth-order valence-electron chi connectivity index (χ4n) is 3.58. The average molecular weight is 303 g/mol. The molecule has 0 aromatic heterocycles. The summed E-state index contributed by atoms with van der Waals surface area (Å²) in [5.41, 5.74) is 1.25. The lowest BCUT2D eigenvalue weighted by atomic mass is 9.93. The van der Waals surface area contributed by atoms with E-state index < -0.39 is 18.2 Å². The van der Waals surface area contributed by atoms with Crippen molar-refractivity contribution in [2.24, 2.45) is 0 Å². The molecule has 2 saturated heterocycles. The van der Waals surface area contributed by atoms with E-state index in [2.05, 4.69) is 19.1 Å². The van der Waals surface area contributed by atoms with Crippen molar-refractivity contribution in [2.45, 2.75) is 50.4 Å². The Morgan fingerprint density at radius 1 is 1.14 bits per heavy atom. The lowest BCUT2D eigenvalue weighted by molar-refractivity contribution is -0.155. The highest BCUT2D eigenvalue weighted by Crippen LogP contribution is 2.34. The number of hydrogen-bond donors (Lipinski definition) is 1. The molecule has 1 aromatic carbocycles. The number of amides is 1. The van der Waals surface area contributed by atoms with E-state index in [-0.39, 0.29) is 11.9 Å². The molecule has 0 aliphatic carbocycles. The van der Waals surface area contributed by atoms with E-state index in [9.17, 15) is 9.59 Å². The molecule has 0 saturated carbocycles. The Morgan fingerprint density at radius 2 is 1.82 bits per heavy atom. The second kappa shape index (κ2) is 6.08. The third-order valence-electron chi connectivity index (χ3n) is 4.84. The van der Waals surface area contributed by atoms with Crippen LogP contribution in [-0.4, -0.2) is 46.7 Å². The molecule has 3 rings (SSSR count). The van der Waals surface area contributed by atoms with Crippen LogP contribution in [0.15, 0.2) is 30.3 Å². The van der Waals surface area contributed by atoms with Crippen LogP contribution in [0.25, 0.3) is 0 Å². The Morgan fingerprint density at radius 3 is 2.45 bits per heavy atom. The molecule has 5 heteroatoms. The second-order valence-electron chi connectivity index (χ2n) is 6.11. The molecule has 22 heavy (non-hydrogen) atoms. The van der Waals surface area contributed by atoms with Crippen LogP contribution in [0.1, 0.15) is 37.7 Å². The van der Waals surface area contributed by atoms with Gasteiger partial charge < -0.3 is 14.7 Å². The maximum absolute atomic E-state index is 12.6. The highest BCUT2D eigenvalue weighted by molar-refractivity contribution is 5.83. The molecule has 5 nitrogen and oxygen atoms in total. The van der Waals surface area contributed by atoms with Crippen molar-refractivity contribution in [3.8, 4) is 0 Å². The first-order valence-electron chi connectivity index (χ1n) is 7.81. The maximum Gasteiger partial charge on any atom is 0.332 e. The van der Waals surface area contributed by atoms with Crippen LogP contribution in [0, 0.1) is 0 Å². The lowest BCUT2D eigenvalue weighted by Crippen LogP contribution is -2.42. The third-order valence-corrected chi connectivity index (χ3v) is 4.84. The van der Waals surface area contributed by atoms with Gasteiger partial charge in [-0.1, -0.05) is 30.3 Å². The fraction of sp³-hybridized carbons (Fsp3) is 0.529. The van der Waals surface area contributed by atoms with Gasteiger partial charge >= 0.3 is 5.97 Å². The first-order valence-corrected chi connectivity index (χ1v) is 7.81. The highest BCUT2D eigenvalue weighted by atomic mass is 16.5. The van der Waals surface area contributed by atoms with Crippen molar-refractivity contribution in [3.63, 3.8) is 0 Å². The minimum atomic E-state index is -0.980. The topological polar surface area (TPSA) is 66.8 Å². The van der Waals surface area contributed by atoms with E-state index in [4.69, 9.17) is 9.84 Å². The molecule has 4 atom stereocenters. The van der Waals surface area contributed by atoms with Crippen LogP contribution in [-0.2, 0) is 14.3 Å². The number of aliphatic carboxylic acids is 1. The number of likely N-dealkylation sites (tertiary alicyclic amines) is 1. The molecule has 118 valence electrons. The Labute approximate surface area is 129 Å². The van der Waals surface area contributed by atoms with Gasteiger partial charge in [0.25, 0.3) is 5.91 Å². The molecule has 2 aliphatic heterocycles. The van der Waals surface area contributed by atoms with Crippen molar-refractivity contribution in [1.82, 2.24) is 4.90 Å². The molecule has 1 amide bonds. The van der Waals surface area contributed by atoms with Gasteiger partial charge in [0, 0.05) is 18.5 Å². The summed E-state index contributed by atoms with van der Waals surface area (Å²) in [6, 6.07) is 10.3. The van der Waals surface area contributed by atoms with E-state index >= 15 is 0 Å².